The number of hydrogen-bond acceptors (Lipinski definition) is 2. The van der Waals surface area contributed by atoms with E-state index in [0.29, 0.717) is 18.2 Å². The molecule has 2 aliphatic rings. The lowest BCUT2D eigenvalue weighted by Crippen LogP contribution is -2.50. The molecule has 2 N–H and O–H groups in total. The Morgan fingerprint density at radius 1 is 1.23 bits per heavy atom. The molecular formula is C20H28FN3O2. The third-order valence-corrected chi connectivity index (χ3v) is 5.30. The van der Waals surface area contributed by atoms with Crippen molar-refractivity contribution in [2.75, 3.05) is 11.4 Å². The van der Waals surface area contributed by atoms with E-state index in [1.54, 1.807) is 12.1 Å². The van der Waals surface area contributed by atoms with Gasteiger partial charge in [0.05, 0.1) is 6.04 Å². The van der Waals surface area contributed by atoms with Gasteiger partial charge in [-0.2, -0.15) is 0 Å². The van der Waals surface area contributed by atoms with E-state index in [1.165, 1.54) is 23.5 Å². The second-order valence-corrected chi connectivity index (χ2v) is 8.61. The number of anilines is 1. The molecule has 1 aliphatic carbocycles. The Hall–Kier alpha value is -2.11. The topological polar surface area (TPSA) is 61.4 Å². The van der Waals surface area contributed by atoms with Gasteiger partial charge < -0.3 is 15.5 Å². The first-order chi connectivity index (χ1) is 12.2. The number of urea groups is 1. The molecule has 1 aliphatic heterocycles. The van der Waals surface area contributed by atoms with Crippen LogP contribution in [0.15, 0.2) is 24.3 Å². The highest BCUT2D eigenvalue weighted by Gasteiger charge is 2.35. The van der Waals surface area contributed by atoms with Crippen molar-refractivity contribution in [3.63, 3.8) is 0 Å². The molecule has 0 radical (unpaired) electrons. The summed E-state index contributed by atoms with van der Waals surface area (Å²) < 4.78 is 13.4. The number of halogens is 1. The molecular weight excluding hydrogens is 333 g/mol. The second kappa shape index (κ2) is 7.25. The van der Waals surface area contributed by atoms with Gasteiger partial charge in [0.15, 0.2) is 0 Å². The van der Waals surface area contributed by atoms with Crippen LogP contribution in [-0.4, -0.2) is 30.6 Å². The van der Waals surface area contributed by atoms with Crippen LogP contribution in [0.3, 0.4) is 0 Å². The molecule has 0 aromatic heterocycles. The Bertz CT molecular complexity index is 691. The van der Waals surface area contributed by atoms with Crippen LogP contribution in [0.2, 0.25) is 0 Å². The first-order valence-electron chi connectivity index (χ1n) is 9.35. The molecule has 2 fully saturated rings. The van der Waals surface area contributed by atoms with E-state index in [0.717, 1.165) is 12.8 Å². The molecule has 1 aromatic carbocycles. The minimum atomic E-state index is -0.376. The number of hydrogen-bond donors (Lipinski definition) is 2. The first-order valence-corrected chi connectivity index (χ1v) is 9.35. The average Bonchev–Trinajstić information content (AvgIpc) is 2.85. The molecule has 6 heteroatoms. The van der Waals surface area contributed by atoms with Crippen LogP contribution in [0.25, 0.3) is 0 Å². The summed E-state index contributed by atoms with van der Waals surface area (Å²) in [6.45, 7) is 7.06. The van der Waals surface area contributed by atoms with Crippen LogP contribution in [0.5, 0.6) is 0 Å². The van der Waals surface area contributed by atoms with Gasteiger partial charge >= 0.3 is 6.03 Å². The summed E-state index contributed by atoms with van der Waals surface area (Å²) in [5.74, 6) is 0.104. The fourth-order valence-electron chi connectivity index (χ4n) is 4.57. The third-order valence-electron chi connectivity index (χ3n) is 5.30. The van der Waals surface area contributed by atoms with Crippen molar-refractivity contribution in [1.29, 1.82) is 0 Å². The predicted octanol–water partition coefficient (Wildman–Crippen LogP) is 3.45. The molecule has 0 spiro atoms. The maximum Gasteiger partial charge on any atom is 0.315 e. The zero-order valence-electron chi connectivity index (χ0n) is 15.7. The van der Waals surface area contributed by atoms with Gasteiger partial charge in [0, 0.05) is 24.7 Å². The summed E-state index contributed by atoms with van der Waals surface area (Å²) in [6.07, 6.45) is 3.35. The van der Waals surface area contributed by atoms with Crippen LogP contribution in [0.4, 0.5) is 14.9 Å². The second-order valence-electron chi connectivity index (χ2n) is 8.61. The fraction of sp³-hybridized carbons (Fsp3) is 0.600. The third kappa shape index (κ3) is 4.54. The summed E-state index contributed by atoms with van der Waals surface area (Å²) in [7, 11) is 0. The smallest absolute Gasteiger partial charge is 0.315 e. The van der Waals surface area contributed by atoms with E-state index in [2.05, 4.69) is 31.4 Å². The Labute approximate surface area is 154 Å². The molecule has 1 saturated heterocycles. The standard InChI is InChI=1S/C20H28FN3O2/c1-13-7-15(11-20(2,3)10-13)22-19(26)23-16-9-18(25)24(12-16)17-6-4-5-14(21)8-17/h4-6,8,13,15-16H,7,9-12H2,1-3H3,(H2,22,23,26)/t13-,15-,16-/m1/s1. The average molecular weight is 361 g/mol. The zero-order chi connectivity index (χ0) is 18.9. The number of nitrogens with zero attached hydrogens (tertiary/aromatic N) is 1. The van der Waals surface area contributed by atoms with Crippen molar-refractivity contribution in [2.45, 2.75) is 58.5 Å². The van der Waals surface area contributed by atoms with Crippen LogP contribution in [-0.2, 0) is 4.79 Å². The van der Waals surface area contributed by atoms with E-state index in [1.807, 2.05) is 0 Å². The van der Waals surface area contributed by atoms with Crippen LogP contribution in [0, 0.1) is 17.2 Å². The molecule has 3 amide bonds. The van der Waals surface area contributed by atoms with Crippen LogP contribution >= 0.6 is 0 Å². The Kier molecular flexibility index (Phi) is 5.21. The molecule has 142 valence electrons. The van der Waals surface area contributed by atoms with Crippen molar-refractivity contribution < 1.29 is 14.0 Å². The molecule has 0 unspecified atom stereocenters. The maximum absolute atomic E-state index is 13.4. The van der Waals surface area contributed by atoms with Gasteiger partial charge in [-0.05, 0) is 48.8 Å². The lowest BCUT2D eigenvalue weighted by molar-refractivity contribution is -0.117. The molecule has 3 atom stereocenters. The van der Waals surface area contributed by atoms with Crippen molar-refractivity contribution in [2.24, 2.45) is 11.3 Å². The number of carbonyl (C=O) groups is 2. The highest BCUT2D eigenvalue weighted by molar-refractivity contribution is 5.96. The van der Waals surface area contributed by atoms with Crippen LogP contribution in [0.1, 0.15) is 46.5 Å². The fourth-order valence-corrected chi connectivity index (χ4v) is 4.57. The number of nitrogens with one attached hydrogen (secondary N) is 2. The summed E-state index contributed by atoms with van der Waals surface area (Å²) in [6, 6.07) is 5.64. The number of amides is 3. The quantitative estimate of drug-likeness (QED) is 0.866. The van der Waals surface area contributed by atoms with Crippen molar-refractivity contribution in [1.82, 2.24) is 10.6 Å². The predicted molar refractivity (Wildman–Crippen MR) is 99.4 cm³/mol. The van der Waals surface area contributed by atoms with Gasteiger partial charge in [0.25, 0.3) is 0 Å². The van der Waals surface area contributed by atoms with Gasteiger partial charge in [-0.1, -0.05) is 26.8 Å². The molecule has 0 bridgehead atoms. The zero-order valence-corrected chi connectivity index (χ0v) is 15.7. The molecule has 26 heavy (non-hydrogen) atoms. The minimum Gasteiger partial charge on any atom is -0.335 e. The summed E-state index contributed by atoms with van der Waals surface area (Å²) in [4.78, 5) is 26.1. The van der Waals surface area contributed by atoms with E-state index in [4.69, 9.17) is 0 Å². The molecule has 1 heterocycles. The highest BCUT2D eigenvalue weighted by atomic mass is 19.1. The van der Waals surface area contributed by atoms with E-state index in [-0.39, 0.29) is 41.7 Å². The van der Waals surface area contributed by atoms with Gasteiger partial charge in [-0.15, -0.1) is 0 Å². The van der Waals surface area contributed by atoms with Crippen molar-refractivity contribution in [3.05, 3.63) is 30.1 Å². The summed E-state index contributed by atoms with van der Waals surface area (Å²) >= 11 is 0. The number of benzene rings is 1. The molecule has 1 saturated carbocycles. The molecule has 5 nitrogen and oxygen atoms in total. The first kappa shape index (κ1) is 18.7. The van der Waals surface area contributed by atoms with Gasteiger partial charge in [0.1, 0.15) is 5.82 Å². The van der Waals surface area contributed by atoms with Crippen molar-refractivity contribution >= 4 is 17.6 Å². The highest BCUT2D eigenvalue weighted by Crippen LogP contribution is 2.38. The van der Waals surface area contributed by atoms with Gasteiger partial charge in [0.2, 0.25) is 5.91 Å². The number of rotatable bonds is 3. The Morgan fingerprint density at radius 3 is 2.65 bits per heavy atom. The summed E-state index contributed by atoms with van der Waals surface area (Å²) in [5.41, 5.74) is 0.759. The van der Waals surface area contributed by atoms with E-state index in [9.17, 15) is 14.0 Å². The lowest BCUT2D eigenvalue weighted by atomic mass is 9.71. The molecule has 3 rings (SSSR count). The monoisotopic (exact) mass is 361 g/mol. The maximum atomic E-state index is 13.4. The Balaban J connectivity index is 1.55. The van der Waals surface area contributed by atoms with Gasteiger partial charge in [-0.25, -0.2) is 9.18 Å². The van der Waals surface area contributed by atoms with Crippen LogP contribution < -0.4 is 15.5 Å². The normalized spacial score (nSPS) is 28.1. The SMILES string of the molecule is C[C@@H]1C[C@@H](NC(=O)N[C@@H]2CC(=O)N(c3cccc(F)c3)C2)CC(C)(C)C1. The number of carbonyl (C=O) groups excluding carboxylic acids is 2. The Morgan fingerprint density at radius 2 is 1.96 bits per heavy atom. The van der Waals surface area contributed by atoms with Gasteiger partial charge in [-0.3, -0.25) is 4.79 Å². The minimum absolute atomic E-state index is 0.103. The molecule has 1 aromatic rings. The van der Waals surface area contributed by atoms with Crippen molar-refractivity contribution in [3.8, 4) is 0 Å². The van der Waals surface area contributed by atoms with E-state index >= 15 is 0 Å². The van der Waals surface area contributed by atoms with E-state index < -0.39 is 0 Å². The largest absolute Gasteiger partial charge is 0.335 e. The summed E-state index contributed by atoms with van der Waals surface area (Å²) in [5, 5.41) is 5.98. The lowest BCUT2D eigenvalue weighted by Gasteiger charge is -2.39.